The van der Waals surface area contributed by atoms with Gasteiger partial charge >= 0.3 is 0 Å². The molecule has 0 saturated carbocycles. The minimum Gasteiger partial charge on any atom is -0.497 e. The van der Waals surface area contributed by atoms with Crippen molar-refractivity contribution in [3.63, 3.8) is 0 Å². The van der Waals surface area contributed by atoms with Crippen molar-refractivity contribution >= 4 is 5.91 Å². The molecule has 2 aromatic carbocycles. The molecule has 0 atom stereocenters. The van der Waals surface area contributed by atoms with E-state index in [1.165, 1.54) is 11.6 Å². The van der Waals surface area contributed by atoms with Crippen LogP contribution in [0, 0.1) is 5.82 Å². The van der Waals surface area contributed by atoms with Crippen LogP contribution in [-0.2, 0) is 6.54 Å². The van der Waals surface area contributed by atoms with E-state index in [0.29, 0.717) is 13.1 Å². The number of hydrogen-bond acceptors (Lipinski definition) is 3. The van der Waals surface area contributed by atoms with Crippen molar-refractivity contribution < 1.29 is 13.9 Å². The van der Waals surface area contributed by atoms with Gasteiger partial charge in [0, 0.05) is 32.7 Å². The van der Waals surface area contributed by atoms with E-state index in [1.54, 1.807) is 30.2 Å². The summed E-state index contributed by atoms with van der Waals surface area (Å²) < 4.78 is 18.9. The maximum Gasteiger partial charge on any atom is 0.256 e. The quantitative estimate of drug-likeness (QED) is 0.865. The zero-order valence-electron chi connectivity index (χ0n) is 13.7. The van der Waals surface area contributed by atoms with Gasteiger partial charge in [0.1, 0.15) is 11.6 Å². The summed E-state index contributed by atoms with van der Waals surface area (Å²) in [7, 11) is 1.65. The average Bonchev–Trinajstić information content (AvgIpc) is 2.63. The van der Waals surface area contributed by atoms with E-state index in [2.05, 4.69) is 17.0 Å². The molecule has 24 heavy (non-hydrogen) atoms. The fourth-order valence-corrected chi connectivity index (χ4v) is 2.90. The Labute approximate surface area is 141 Å². The van der Waals surface area contributed by atoms with Crippen LogP contribution in [0.15, 0.2) is 48.5 Å². The van der Waals surface area contributed by atoms with Crippen LogP contribution in [0.2, 0.25) is 0 Å². The molecule has 1 fully saturated rings. The van der Waals surface area contributed by atoms with E-state index in [9.17, 15) is 9.18 Å². The lowest BCUT2D eigenvalue weighted by Gasteiger charge is -2.34. The first-order chi connectivity index (χ1) is 11.7. The summed E-state index contributed by atoms with van der Waals surface area (Å²) in [4.78, 5) is 16.4. The van der Waals surface area contributed by atoms with E-state index in [1.807, 2.05) is 12.1 Å². The first-order valence-electron chi connectivity index (χ1n) is 8.06. The summed E-state index contributed by atoms with van der Waals surface area (Å²) in [5.41, 5.74) is 1.37. The van der Waals surface area contributed by atoms with Gasteiger partial charge in [-0.3, -0.25) is 9.69 Å². The molecule has 0 spiro atoms. The zero-order chi connectivity index (χ0) is 16.9. The molecule has 2 aromatic rings. The fraction of sp³-hybridized carbons (Fsp3) is 0.316. The van der Waals surface area contributed by atoms with Gasteiger partial charge in [-0.05, 0) is 29.8 Å². The Morgan fingerprint density at radius 2 is 1.71 bits per heavy atom. The second-order valence-corrected chi connectivity index (χ2v) is 5.90. The summed E-state index contributed by atoms with van der Waals surface area (Å²) in [6.07, 6.45) is 0. The van der Waals surface area contributed by atoms with Gasteiger partial charge in [0.2, 0.25) is 0 Å². The molecule has 4 nitrogen and oxygen atoms in total. The van der Waals surface area contributed by atoms with Gasteiger partial charge in [0.15, 0.2) is 0 Å². The van der Waals surface area contributed by atoms with Gasteiger partial charge in [-0.25, -0.2) is 4.39 Å². The molecule has 0 unspecified atom stereocenters. The Hall–Kier alpha value is -2.40. The number of ether oxygens (including phenoxy) is 1. The monoisotopic (exact) mass is 328 g/mol. The molecule has 0 N–H and O–H groups in total. The standard InChI is InChI=1S/C19H21FN2O2/c1-24-16-8-6-15(7-9-16)14-21-10-12-22(13-11-21)19(23)17-4-2-3-5-18(17)20/h2-9H,10-14H2,1H3. The number of piperazine rings is 1. The van der Waals surface area contributed by atoms with E-state index in [0.717, 1.165) is 25.4 Å². The van der Waals surface area contributed by atoms with E-state index in [-0.39, 0.29) is 11.5 Å². The molecule has 1 aliphatic heterocycles. The first kappa shape index (κ1) is 16.5. The van der Waals surface area contributed by atoms with Gasteiger partial charge < -0.3 is 9.64 Å². The molecule has 1 saturated heterocycles. The first-order valence-corrected chi connectivity index (χ1v) is 8.06. The highest BCUT2D eigenvalue weighted by molar-refractivity contribution is 5.94. The number of amides is 1. The summed E-state index contributed by atoms with van der Waals surface area (Å²) in [5, 5.41) is 0. The lowest BCUT2D eigenvalue weighted by Crippen LogP contribution is -2.48. The number of carbonyl (C=O) groups is 1. The molecule has 1 aliphatic rings. The maximum absolute atomic E-state index is 13.8. The van der Waals surface area contributed by atoms with Gasteiger partial charge in [-0.2, -0.15) is 0 Å². The number of benzene rings is 2. The molecular weight excluding hydrogens is 307 g/mol. The summed E-state index contributed by atoms with van der Waals surface area (Å²) >= 11 is 0. The van der Waals surface area contributed by atoms with Crippen LogP contribution in [0.25, 0.3) is 0 Å². The van der Waals surface area contributed by atoms with Crippen molar-refractivity contribution in [3.05, 3.63) is 65.5 Å². The van der Waals surface area contributed by atoms with Crippen molar-refractivity contribution in [2.45, 2.75) is 6.54 Å². The van der Waals surface area contributed by atoms with Crippen LogP contribution in [-0.4, -0.2) is 49.0 Å². The Kier molecular flexibility index (Phi) is 5.11. The van der Waals surface area contributed by atoms with Gasteiger partial charge in [0.05, 0.1) is 12.7 Å². The smallest absolute Gasteiger partial charge is 0.256 e. The highest BCUT2D eigenvalue weighted by Crippen LogP contribution is 2.16. The Morgan fingerprint density at radius 3 is 2.33 bits per heavy atom. The molecule has 1 heterocycles. The normalized spacial score (nSPS) is 15.3. The van der Waals surface area contributed by atoms with Gasteiger partial charge in [0.25, 0.3) is 5.91 Å². The SMILES string of the molecule is COc1ccc(CN2CCN(C(=O)c3ccccc3F)CC2)cc1. The van der Waals surface area contributed by atoms with E-state index in [4.69, 9.17) is 4.74 Å². The predicted octanol–water partition coefficient (Wildman–Crippen LogP) is 2.79. The van der Waals surface area contributed by atoms with Crippen LogP contribution in [0.1, 0.15) is 15.9 Å². The number of nitrogens with zero attached hydrogens (tertiary/aromatic N) is 2. The summed E-state index contributed by atoms with van der Waals surface area (Å²) in [6, 6.07) is 14.2. The van der Waals surface area contributed by atoms with Crippen molar-refractivity contribution in [2.75, 3.05) is 33.3 Å². The molecule has 1 amide bonds. The second-order valence-electron chi connectivity index (χ2n) is 5.90. The molecular formula is C19H21FN2O2. The number of halogens is 1. The molecule has 0 aromatic heterocycles. The van der Waals surface area contributed by atoms with E-state index >= 15 is 0 Å². The number of rotatable bonds is 4. The van der Waals surface area contributed by atoms with Crippen molar-refractivity contribution in [1.82, 2.24) is 9.80 Å². The third kappa shape index (κ3) is 3.74. The Morgan fingerprint density at radius 1 is 1.04 bits per heavy atom. The minimum atomic E-state index is -0.455. The summed E-state index contributed by atoms with van der Waals surface area (Å²) in [5.74, 6) is 0.166. The summed E-state index contributed by atoms with van der Waals surface area (Å²) in [6.45, 7) is 3.64. The fourth-order valence-electron chi connectivity index (χ4n) is 2.90. The lowest BCUT2D eigenvalue weighted by molar-refractivity contribution is 0.0624. The minimum absolute atomic E-state index is 0.154. The highest BCUT2D eigenvalue weighted by atomic mass is 19.1. The van der Waals surface area contributed by atoms with Gasteiger partial charge in [-0.15, -0.1) is 0 Å². The van der Waals surface area contributed by atoms with Crippen molar-refractivity contribution in [2.24, 2.45) is 0 Å². The number of methoxy groups -OCH3 is 1. The second kappa shape index (κ2) is 7.45. The van der Waals surface area contributed by atoms with Crippen molar-refractivity contribution in [1.29, 1.82) is 0 Å². The Balaban J connectivity index is 1.55. The van der Waals surface area contributed by atoms with Crippen LogP contribution in [0.3, 0.4) is 0 Å². The Bertz CT molecular complexity index is 695. The van der Waals surface area contributed by atoms with Crippen LogP contribution in [0.4, 0.5) is 4.39 Å². The van der Waals surface area contributed by atoms with E-state index < -0.39 is 5.82 Å². The topological polar surface area (TPSA) is 32.8 Å². The molecule has 126 valence electrons. The largest absolute Gasteiger partial charge is 0.497 e. The highest BCUT2D eigenvalue weighted by Gasteiger charge is 2.23. The maximum atomic E-state index is 13.8. The molecule has 0 radical (unpaired) electrons. The average molecular weight is 328 g/mol. The van der Waals surface area contributed by atoms with Crippen molar-refractivity contribution in [3.8, 4) is 5.75 Å². The molecule has 0 aliphatic carbocycles. The zero-order valence-corrected chi connectivity index (χ0v) is 13.7. The third-order valence-corrected chi connectivity index (χ3v) is 4.33. The lowest BCUT2D eigenvalue weighted by atomic mass is 10.1. The van der Waals surface area contributed by atoms with Crippen LogP contribution in [0.5, 0.6) is 5.75 Å². The van der Waals surface area contributed by atoms with Gasteiger partial charge in [-0.1, -0.05) is 24.3 Å². The predicted molar refractivity (Wildman–Crippen MR) is 90.6 cm³/mol. The number of carbonyl (C=O) groups excluding carboxylic acids is 1. The molecule has 5 heteroatoms. The van der Waals surface area contributed by atoms with Crippen LogP contribution >= 0.6 is 0 Å². The molecule has 3 rings (SSSR count). The third-order valence-electron chi connectivity index (χ3n) is 4.33. The number of hydrogen-bond donors (Lipinski definition) is 0. The van der Waals surface area contributed by atoms with Crippen LogP contribution < -0.4 is 4.74 Å². The molecule has 0 bridgehead atoms.